The van der Waals surface area contributed by atoms with Gasteiger partial charge in [0.05, 0.1) is 13.2 Å². The molecule has 366 valence electrons. The molecule has 7 aromatic carbocycles. The summed E-state index contributed by atoms with van der Waals surface area (Å²) in [6.45, 7) is 43.7. The van der Waals surface area contributed by atoms with Gasteiger partial charge in [-0.2, -0.15) is 0 Å². The zero-order valence-corrected chi connectivity index (χ0v) is 50.1. The minimum Gasteiger partial charge on any atom is -0.413 e. The van der Waals surface area contributed by atoms with Gasteiger partial charge in [-0.1, -0.05) is 206 Å². The Kier molecular flexibility index (Phi) is 15.4. The van der Waals surface area contributed by atoms with Crippen LogP contribution in [0.25, 0.3) is 43.1 Å². The molecule has 0 aromatic heterocycles. The molecule has 6 heteroatoms. The Morgan fingerprint density at radius 3 is 0.886 bits per heavy atom. The van der Waals surface area contributed by atoms with E-state index in [2.05, 4.69) is 267 Å². The summed E-state index contributed by atoms with van der Waals surface area (Å²) in [5.74, 6) is 8.16. The Labute approximate surface area is 427 Å². The molecule has 7 rings (SSSR count). The van der Waals surface area contributed by atoms with Crippen molar-refractivity contribution in [1.82, 2.24) is 0 Å². The van der Waals surface area contributed by atoms with Gasteiger partial charge in [-0.25, -0.2) is 0 Å². The number of hydrogen-bond acceptors (Lipinski definition) is 2. The first-order valence-electron chi connectivity index (χ1n) is 26.1. The Bertz CT molecular complexity index is 2810. The topological polar surface area (TPSA) is 18.5 Å². The molecule has 0 radical (unpaired) electrons. The molecule has 0 saturated carbocycles. The van der Waals surface area contributed by atoms with Crippen LogP contribution in [0.3, 0.4) is 0 Å². The molecule has 0 spiro atoms. The maximum Gasteiger partial charge on any atom is 0.192 e. The summed E-state index contributed by atoms with van der Waals surface area (Å²) < 4.78 is 13.4. The van der Waals surface area contributed by atoms with Gasteiger partial charge in [0.15, 0.2) is 32.8 Å². The van der Waals surface area contributed by atoms with Crippen LogP contribution in [0.1, 0.15) is 119 Å². The highest BCUT2D eigenvalue weighted by Crippen LogP contribution is 2.41. The van der Waals surface area contributed by atoms with E-state index in [1.165, 1.54) is 64.6 Å². The largest absolute Gasteiger partial charge is 0.413 e. The van der Waals surface area contributed by atoms with E-state index < -0.39 is 32.8 Å². The SMILES string of the molecule is CC(C)[Si](C#Cc1c2cc3ccccc3cc2c(C#C[Si](c2ccc(CO[Si](C)(C)C(C)(C)C)cc2)(C(C)C)C(C)C)c2cc3ccccc3cc12)(c1ccc(CO[Si](C)(C)C(C)(C)C)cc1)C(C)C. The molecular weight excluding hydrogens is 913 g/mol. The monoisotopic (exact) mass is 995 g/mol. The van der Waals surface area contributed by atoms with Crippen LogP contribution < -0.4 is 10.4 Å². The van der Waals surface area contributed by atoms with Gasteiger partial charge in [0, 0.05) is 11.1 Å². The Hall–Kier alpha value is -4.51. The maximum atomic E-state index is 6.68. The fourth-order valence-electron chi connectivity index (χ4n) is 10.3. The van der Waals surface area contributed by atoms with Gasteiger partial charge >= 0.3 is 0 Å². The molecule has 0 N–H and O–H groups in total. The van der Waals surface area contributed by atoms with Crippen LogP contribution in [0, 0.1) is 22.9 Å². The van der Waals surface area contributed by atoms with Crippen molar-refractivity contribution in [2.75, 3.05) is 0 Å². The predicted molar refractivity (Wildman–Crippen MR) is 318 cm³/mol. The minimum absolute atomic E-state index is 0.167. The number of hydrogen-bond donors (Lipinski definition) is 0. The molecule has 0 fully saturated rings. The Balaban J connectivity index is 1.46. The highest BCUT2D eigenvalue weighted by molar-refractivity contribution is 7.01. The maximum absolute atomic E-state index is 6.68. The molecule has 0 unspecified atom stereocenters. The first-order chi connectivity index (χ1) is 32.7. The number of rotatable bonds is 12. The zero-order chi connectivity index (χ0) is 51.2. The van der Waals surface area contributed by atoms with Crippen LogP contribution >= 0.6 is 0 Å². The van der Waals surface area contributed by atoms with E-state index >= 15 is 0 Å². The Morgan fingerprint density at radius 2 is 0.657 bits per heavy atom. The second-order valence-electron chi connectivity index (χ2n) is 24.6. The molecule has 70 heavy (non-hydrogen) atoms. The molecule has 0 amide bonds. The van der Waals surface area contributed by atoms with Gasteiger partial charge < -0.3 is 8.85 Å². The van der Waals surface area contributed by atoms with Gasteiger partial charge in [-0.3, -0.25) is 0 Å². The smallest absolute Gasteiger partial charge is 0.192 e. The summed E-state index contributed by atoms with van der Waals surface area (Å²) in [5.41, 5.74) is 14.7. The van der Waals surface area contributed by atoms with E-state index in [0.29, 0.717) is 35.4 Å². The van der Waals surface area contributed by atoms with Crippen molar-refractivity contribution in [3.05, 3.63) is 144 Å². The molecule has 0 heterocycles. The summed E-state index contributed by atoms with van der Waals surface area (Å²) in [5, 5.41) is 12.7. The van der Waals surface area contributed by atoms with Crippen molar-refractivity contribution < 1.29 is 8.85 Å². The van der Waals surface area contributed by atoms with Crippen molar-refractivity contribution in [2.24, 2.45) is 0 Å². The van der Waals surface area contributed by atoms with Gasteiger partial charge in [0.1, 0.15) is 0 Å². The van der Waals surface area contributed by atoms with Crippen LogP contribution in [0.5, 0.6) is 0 Å². The summed E-state index contributed by atoms with van der Waals surface area (Å²) in [7, 11) is -8.71. The van der Waals surface area contributed by atoms with Gasteiger partial charge in [-0.15, -0.1) is 11.1 Å². The van der Waals surface area contributed by atoms with Crippen molar-refractivity contribution >= 4 is 86.2 Å². The highest BCUT2D eigenvalue weighted by Gasteiger charge is 2.43. The summed E-state index contributed by atoms with van der Waals surface area (Å²) in [6.07, 6.45) is 0. The molecular formula is C64H82O2Si4. The van der Waals surface area contributed by atoms with Gasteiger partial charge in [-0.05, 0) is 147 Å². The van der Waals surface area contributed by atoms with Crippen molar-refractivity contribution in [3.8, 4) is 22.9 Å². The molecule has 2 nitrogen and oxygen atoms in total. The highest BCUT2D eigenvalue weighted by atomic mass is 28.4. The van der Waals surface area contributed by atoms with E-state index in [-0.39, 0.29) is 10.1 Å². The lowest BCUT2D eigenvalue weighted by Gasteiger charge is -2.36. The molecule has 0 atom stereocenters. The van der Waals surface area contributed by atoms with Crippen molar-refractivity contribution in [2.45, 2.75) is 169 Å². The van der Waals surface area contributed by atoms with E-state index in [4.69, 9.17) is 8.85 Å². The number of benzene rings is 7. The molecule has 7 aromatic rings. The average Bonchev–Trinajstić information content (AvgIpc) is 3.29. The molecule has 0 saturated heterocycles. The lowest BCUT2D eigenvalue weighted by atomic mass is 9.89. The van der Waals surface area contributed by atoms with Crippen LogP contribution in [-0.4, -0.2) is 32.8 Å². The standard InChI is InChI=1S/C64H82O2Si4/c1-45(2)69(46(3)4,55-31-27-49(28-32-55)43-65-67(15,16)63(9,10)11)37-35-57-59-39-51-23-19-21-25-53(51)41-61(59)58(62-42-54-26-22-20-24-52(54)40-60(57)62)36-38-70(47(5)6,48(7)8)56-33-29-50(30-34-56)44-66-68(17,18)64(12,13)14/h19-34,39-42,45-48H,43-44H2,1-18H3. The molecule has 0 aliphatic heterocycles. The summed E-state index contributed by atoms with van der Waals surface area (Å²) >= 11 is 0. The van der Waals surface area contributed by atoms with E-state index in [1.54, 1.807) is 0 Å². The second-order valence-corrected chi connectivity index (χ2v) is 44.0. The normalized spacial score (nSPS) is 13.2. The van der Waals surface area contributed by atoms with E-state index in [0.717, 1.165) is 11.1 Å². The first kappa shape index (κ1) is 53.3. The van der Waals surface area contributed by atoms with Gasteiger partial charge in [0.2, 0.25) is 0 Å². The van der Waals surface area contributed by atoms with Crippen molar-refractivity contribution in [1.29, 1.82) is 0 Å². The number of fused-ring (bicyclic) bond motifs is 4. The molecule has 0 aliphatic carbocycles. The van der Waals surface area contributed by atoms with Gasteiger partial charge in [0.25, 0.3) is 0 Å². The second kappa shape index (κ2) is 20.2. The van der Waals surface area contributed by atoms with E-state index in [9.17, 15) is 0 Å². The Morgan fingerprint density at radius 1 is 0.400 bits per heavy atom. The van der Waals surface area contributed by atoms with Crippen LogP contribution in [0.15, 0.2) is 121 Å². The quantitative estimate of drug-likeness (QED) is 0.0690. The van der Waals surface area contributed by atoms with Crippen LogP contribution in [0.4, 0.5) is 0 Å². The predicted octanol–water partition coefficient (Wildman–Crippen LogP) is 17.5. The third-order valence-electron chi connectivity index (χ3n) is 17.0. The average molecular weight is 996 g/mol. The fourth-order valence-corrected chi connectivity index (χ4v) is 21.1. The lowest BCUT2D eigenvalue weighted by molar-refractivity contribution is 0.276. The van der Waals surface area contributed by atoms with E-state index in [1.807, 2.05) is 0 Å². The third-order valence-corrected chi connectivity index (χ3v) is 36.9. The van der Waals surface area contributed by atoms with Crippen LogP contribution in [0.2, 0.25) is 58.4 Å². The molecule has 0 aliphatic rings. The summed E-state index contributed by atoms with van der Waals surface area (Å²) in [6, 6.07) is 46.0. The van der Waals surface area contributed by atoms with Crippen molar-refractivity contribution in [3.63, 3.8) is 0 Å². The first-order valence-corrected chi connectivity index (χ1v) is 36.2. The molecule has 0 bridgehead atoms. The van der Waals surface area contributed by atoms with Crippen LogP contribution in [-0.2, 0) is 22.1 Å². The fraction of sp³-hybridized carbons (Fsp3) is 0.406. The third kappa shape index (κ3) is 10.3. The zero-order valence-electron chi connectivity index (χ0n) is 46.1. The summed E-state index contributed by atoms with van der Waals surface area (Å²) in [4.78, 5) is 0. The lowest BCUT2D eigenvalue weighted by Crippen LogP contribution is -2.52. The minimum atomic E-state index is -2.47.